The molecule has 0 saturated carbocycles. The number of likely N-dealkylation sites (tertiary alicyclic amines) is 1. The number of anilines is 1. The molecule has 1 aliphatic rings. The highest BCUT2D eigenvalue weighted by atomic mass is 16.5. The maximum absolute atomic E-state index is 11.8. The number of hydrogen-bond donors (Lipinski definition) is 2. The van der Waals surface area contributed by atoms with E-state index in [-0.39, 0.29) is 12.0 Å². The average Bonchev–Trinajstić information content (AvgIpc) is 2.99. The van der Waals surface area contributed by atoms with Crippen molar-refractivity contribution in [3.8, 4) is 17.0 Å². The molecule has 1 unspecified atom stereocenters. The summed E-state index contributed by atoms with van der Waals surface area (Å²) in [4.78, 5) is 23.0. The molecule has 1 atom stereocenters. The standard InChI is InChI=1S/C26H39N5O4.C3H8.C2H4O2/c1-6-35-24(32)11-13-31-12-7-8-20(16-31)28-26-23(15-27-3)18(2)25(29-30-26)22-10-9-21(34-5)14-19(22)17-33-4;1-3-2;1-4-2-3/h9-10,14,20,27H,6-8,11-13,15-17H2,1-5H3,(H,28,30);3H2,1-2H3;2H,1H3. The van der Waals surface area contributed by atoms with Crippen LogP contribution in [-0.4, -0.2) is 88.2 Å². The molecule has 11 heteroatoms. The summed E-state index contributed by atoms with van der Waals surface area (Å²) in [7, 11) is 6.59. The molecule has 236 valence electrons. The van der Waals surface area contributed by atoms with Crippen LogP contribution >= 0.6 is 0 Å². The normalized spacial score (nSPS) is 14.4. The quantitative estimate of drug-likeness (QED) is 0.256. The summed E-state index contributed by atoms with van der Waals surface area (Å²) in [6.45, 7) is 12.7. The number of benzene rings is 1. The zero-order valence-corrected chi connectivity index (χ0v) is 26.7. The predicted octanol–water partition coefficient (Wildman–Crippen LogP) is 4.36. The molecule has 2 N–H and O–H groups in total. The van der Waals surface area contributed by atoms with Crippen LogP contribution in [0.2, 0.25) is 0 Å². The molecular weight excluding hydrogens is 538 g/mol. The third kappa shape index (κ3) is 12.3. The number of nitrogens with one attached hydrogen (secondary N) is 2. The van der Waals surface area contributed by atoms with E-state index >= 15 is 0 Å². The summed E-state index contributed by atoms with van der Waals surface area (Å²) in [5.74, 6) is 1.45. The summed E-state index contributed by atoms with van der Waals surface area (Å²) < 4.78 is 19.8. The Hall–Kier alpha value is -3.28. The fraction of sp³-hybridized carbons (Fsp3) is 0.613. The molecule has 0 bridgehead atoms. The molecule has 1 fully saturated rings. The number of rotatable bonds is 13. The molecule has 0 aliphatic carbocycles. The molecule has 11 nitrogen and oxygen atoms in total. The van der Waals surface area contributed by atoms with Gasteiger partial charge in [0.25, 0.3) is 6.47 Å². The Morgan fingerprint density at radius 1 is 1.17 bits per heavy atom. The molecule has 1 aliphatic heterocycles. The largest absolute Gasteiger partial charge is 0.497 e. The molecule has 0 spiro atoms. The number of piperidine rings is 1. The first kappa shape index (κ1) is 36.7. The summed E-state index contributed by atoms with van der Waals surface area (Å²) in [5, 5.41) is 16.2. The number of ether oxygens (including phenoxy) is 4. The second-order valence-corrected chi connectivity index (χ2v) is 9.87. The summed E-state index contributed by atoms with van der Waals surface area (Å²) >= 11 is 0. The smallest absolute Gasteiger partial charge is 0.307 e. The summed E-state index contributed by atoms with van der Waals surface area (Å²) in [6.07, 6.45) is 3.79. The van der Waals surface area contributed by atoms with Crippen molar-refractivity contribution in [3.05, 3.63) is 34.9 Å². The first-order valence-corrected chi connectivity index (χ1v) is 14.6. The van der Waals surface area contributed by atoms with E-state index in [1.807, 2.05) is 32.2 Å². The molecular formula is C31H51N5O6. The first-order valence-electron chi connectivity index (χ1n) is 14.6. The lowest BCUT2D eigenvalue weighted by Crippen LogP contribution is -2.43. The number of aromatic nitrogens is 2. The van der Waals surface area contributed by atoms with Crippen LogP contribution in [0, 0.1) is 6.92 Å². The highest BCUT2D eigenvalue weighted by molar-refractivity contribution is 5.71. The topological polar surface area (TPSA) is 124 Å². The monoisotopic (exact) mass is 589 g/mol. The van der Waals surface area contributed by atoms with Crippen LogP contribution in [0.3, 0.4) is 0 Å². The van der Waals surface area contributed by atoms with Gasteiger partial charge in [0, 0.05) is 43.9 Å². The van der Waals surface area contributed by atoms with Gasteiger partial charge >= 0.3 is 5.97 Å². The number of hydrogen-bond acceptors (Lipinski definition) is 11. The van der Waals surface area contributed by atoms with Crippen LogP contribution in [-0.2, 0) is 37.0 Å². The Morgan fingerprint density at radius 3 is 2.48 bits per heavy atom. The molecule has 1 saturated heterocycles. The maximum atomic E-state index is 11.8. The van der Waals surface area contributed by atoms with E-state index in [0.29, 0.717) is 39.2 Å². The van der Waals surface area contributed by atoms with Gasteiger partial charge in [-0.05, 0) is 69.6 Å². The molecule has 3 rings (SSSR count). The van der Waals surface area contributed by atoms with E-state index in [1.54, 1.807) is 14.2 Å². The Balaban J connectivity index is 0.00000114. The molecule has 2 aromatic rings. The average molecular weight is 590 g/mol. The highest BCUT2D eigenvalue weighted by Crippen LogP contribution is 2.32. The molecule has 0 radical (unpaired) electrons. The Labute approximate surface area is 251 Å². The third-order valence-electron chi connectivity index (χ3n) is 6.44. The lowest BCUT2D eigenvalue weighted by atomic mass is 9.98. The lowest BCUT2D eigenvalue weighted by Gasteiger charge is -2.33. The van der Waals surface area contributed by atoms with E-state index in [2.05, 4.69) is 51.2 Å². The van der Waals surface area contributed by atoms with Crippen molar-refractivity contribution in [2.24, 2.45) is 0 Å². The Bertz CT molecular complexity index is 1070. The summed E-state index contributed by atoms with van der Waals surface area (Å²) in [5.41, 5.74) is 5.01. The van der Waals surface area contributed by atoms with E-state index in [0.717, 1.165) is 65.4 Å². The second kappa shape index (κ2) is 21.4. The number of carbonyl (C=O) groups excluding carboxylic acids is 2. The van der Waals surface area contributed by atoms with Crippen molar-refractivity contribution in [2.45, 2.75) is 72.6 Å². The minimum Gasteiger partial charge on any atom is -0.497 e. The highest BCUT2D eigenvalue weighted by Gasteiger charge is 2.23. The van der Waals surface area contributed by atoms with Gasteiger partial charge in [-0.25, -0.2) is 0 Å². The molecule has 2 heterocycles. The van der Waals surface area contributed by atoms with Crippen LogP contribution in [0.25, 0.3) is 11.3 Å². The predicted molar refractivity (Wildman–Crippen MR) is 166 cm³/mol. The van der Waals surface area contributed by atoms with Crippen LogP contribution in [0.4, 0.5) is 5.82 Å². The van der Waals surface area contributed by atoms with Gasteiger partial charge in [0.05, 0.1) is 39.5 Å². The van der Waals surface area contributed by atoms with Crippen LogP contribution in [0.5, 0.6) is 5.75 Å². The van der Waals surface area contributed by atoms with Crippen molar-refractivity contribution >= 4 is 18.3 Å². The van der Waals surface area contributed by atoms with Gasteiger partial charge in [-0.15, -0.1) is 10.2 Å². The van der Waals surface area contributed by atoms with Crippen molar-refractivity contribution < 1.29 is 28.5 Å². The fourth-order valence-electron chi connectivity index (χ4n) is 4.58. The molecule has 1 aromatic heterocycles. The van der Waals surface area contributed by atoms with Crippen molar-refractivity contribution in [1.82, 2.24) is 20.4 Å². The lowest BCUT2D eigenvalue weighted by molar-refractivity contribution is -0.143. The minimum atomic E-state index is -0.137. The van der Waals surface area contributed by atoms with Crippen LogP contribution in [0.15, 0.2) is 18.2 Å². The van der Waals surface area contributed by atoms with E-state index in [4.69, 9.17) is 19.0 Å². The van der Waals surface area contributed by atoms with Gasteiger partial charge in [-0.2, -0.15) is 0 Å². The van der Waals surface area contributed by atoms with Gasteiger partial charge < -0.3 is 34.5 Å². The van der Waals surface area contributed by atoms with E-state index in [9.17, 15) is 4.79 Å². The van der Waals surface area contributed by atoms with Crippen molar-refractivity contribution in [3.63, 3.8) is 0 Å². The number of carbonyl (C=O) groups is 2. The first-order chi connectivity index (χ1) is 20.3. The van der Waals surface area contributed by atoms with Gasteiger partial charge in [-0.3, -0.25) is 9.59 Å². The molecule has 42 heavy (non-hydrogen) atoms. The van der Waals surface area contributed by atoms with Crippen LogP contribution < -0.4 is 15.4 Å². The number of esters is 1. The summed E-state index contributed by atoms with van der Waals surface area (Å²) in [6, 6.07) is 6.18. The second-order valence-electron chi connectivity index (χ2n) is 9.87. The van der Waals surface area contributed by atoms with Gasteiger partial charge in [0.2, 0.25) is 0 Å². The van der Waals surface area contributed by atoms with Gasteiger partial charge in [0.1, 0.15) is 5.75 Å². The van der Waals surface area contributed by atoms with E-state index < -0.39 is 0 Å². The number of methoxy groups -OCH3 is 3. The van der Waals surface area contributed by atoms with Crippen molar-refractivity contribution in [2.75, 3.05) is 59.9 Å². The minimum absolute atomic E-state index is 0.137. The van der Waals surface area contributed by atoms with Crippen LogP contribution in [0.1, 0.15) is 63.1 Å². The zero-order valence-electron chi connectivity index (χ0n) is 26.7. The third-order valence-corrected chi connectivity index (χ3v) is 6.44. The SMILES string of the molecule is CCC.CCOC(=O)CCN1CCCC(Nc2nnc(-c3ccc(OC)cc3COC)c(C)c2CNC)C1.COC=O. The van der Waals surface area contributed by atoms with Gasteiger partial charge in [-0.1, -0.05) is 20.3 Å². The number of nitrogens with zero attached hydrogens (tertiary/aromatic N) is 3. The Morgan fingerprint density at radius 2 is 1.88 bits per heavy atom. The van der Waals surface area contributed by atoms with Crippen molar-refractivity contribution in [1.29, 1.82) is 0 Å². The molecule has 1 aromatic carbocycles. The molecule has 0 amide bonds. The zero-order chi connectivity index (χ0) is 31.3. The Kier molecular flexibility index (Phi) is 18.7. The van der Waals surface area contributed by atoms with E-state index in [1.165, 1.54) is 13.5 Å². The maximum Gasteiger partial charge on any atom is 0.307 e. The fourth-order valence-corrected chi connectivity index (χ4v) is 4.58. The van der Waals surface area contributed by atoms with Gasteiger partial charge in [0.15, 0.2) is 5.82 Å².